The molecule has 0 aromatic carbocycles. The summed E-state index contributed by atoms with van der Waals surface area (Å²) in [5, 5.41) is 13.1. The lowest BCUT2D eigenvalue weighted by Gasteiger charge is -2.35. The van der Waals surface area contributed by atoms with E-state index in [1.54, 1.807) is 0 Å². The summed E-state index contributed by atoms with van der Waals surface area (Å²) in [5.41, 5.74) is 0.542. The van der Waals surface area contributed by atoms with Crippen molar-refractivity contribution in [1.29, 1.82) is 0 Å². The normalized spacial score (nSPS) is 24.0. The highest BCUT2D eigenvalue weighted by atomic mass is 16.3. The summed E-state index contributed by atoms with van der Waals surface area (Å²) in [5.74, 6) is 0. The minimum absolute atomic E-state index is 0.148. The highest BCUT2D eigenvalue weighted by molar-refractivity contribution is 4.82. The van der Waals surface area contributed by atoms with Gasteiger partial charge in [-0.15, -0.1) is 0 Å². The molecule has 0 saturated heterocycles. The Morgan fingerprint density at radius 1 is 1.33 bits per heavy atom. The number of aliphatic hydroxyl groups is 1. The zero-order valence-corrected chi connectivity index (χ0v) is 10.6. The van der Waals surface area contributed by atoms with E-state index in [0.29, 0.717) is 11.5 Å². The summed E-state index contributed by atoms with van der Waals surface area (Å²) in [6.07, 6.45) is 7.01. The molecule has 2 nitrogen and oxygen atoms in total. The highest BCUT2D eigenvalue weighted by Crippen LogP contribution is 2.34. The maximum atomic E-state index is 9.62. The Balaban J connectivity index is 2.13. The molecule has 1 unspecified atom stereocenters. The van der Waals surface area contributed by atoms with Crippen LogP contribution in [0.25, 0.3) is 0 Å². The zero-order chi connectivity index (χ0) is 11.3. The molecule has 0 spiro atoms. The molecule has 1 aliphatic carbocycles. The summed E-state index contributed by atoms with van der Waals surface area (Å²) < 4.78 is 0. The van der Waals surface area contributed by atoms with Crippen LogP contribution in [0.1, 0.15) is 59.3 Å². The molecule has 1 atom stereocenters. The van der Waals surface area contributed by atoms with Gasteiger partial charge >= 0.3 is 0 Å². The van der Waals surface area contributed by atoms with E-state index < -0.39 is 0 Å². The van der Waals surface area contributed by atoms with E-state index in [2.05, 4.69) is 26.1 Å². The van der Waals surface area contributed by atoms with Crippen LogP contribution in [0.4, 0.5) is 0 Å². The number of hydrogen-bond acceptors (Lipinski definition) is 2. The van der Waals surface area contributed by atoms with Crippen molar-refractivity contribution in [3.8, 4) is 0 Å². The minimum atomic E-state index is -0.148. The van der Waals surface area contributed by atoms with Crippen molar-refractivity contribution in [1.82, 2.24) is 5.32 Å². The van der Waals surface area contributed by atoms with Gasteiger partial charge in [0.2, 0.25) is 0 Å². The molecule has 0 aliphatic heterocycles. The second-order valence-corrected chi connectivity index (χ2v) is 5.79. The number of aliphatic hydroxyl groups excluding tert-OH is 1. The fraction of sp³-hybridized carbons (Fsp3) is 1.00. The van der Waals surface area contributed by atoms with E-state index in [0.717, 1.165) is 19.4 Å². The van der Waals surface area contributed by atoms with E-state index in [4.69, 9.17) is 0 Å². The Morgan fingerprint density at radius 3 is 2.47 bits per heavy atom. The first-order valence-corrected chi connectivity index (χ1v) is 6.45. The average Bonchev–Trinajstić information content (AvgIpc) is 2.17. The van der Waals surface area contributed by atoms with Crippen molar-refractivity contribution < 1.29 is 5.11 Å². The first kappa shape index (κ1) is 13.0. The topological polar surface area (TPSA) is 32.3 Å². The predicted molar refractivity (Wildman–Crippen MR) is 65.0 cm³/mol. The van der Waals surface area contributed by atoms with Gasteiger partial charge in [-0.05, 0) is 37.5 Å². The number of rotatable bonds is 5. The number of hydrogen-bond donors (Lipinski definition) is 2. The van der Waals surface area contributed by atoms with Crippen LogP contribution in [-0.4, -0.2) is 23.8 Å². The Hall–Kier alpha value is -0.0800. The van der Waals surface area contributed by atoms with Gasteiger partial charge in [0.1, 0.15) is 0 Å². The largest absolute Gasteiger partial charge is 0.392 e. The van der Waals surface area contributed by atoms with E-state index >= 15 is 0 Å². The van der Waals surface area contributed by atoms with Crippen LogP contribution < -0.4 is 5.32 Å². The third-order valence-electron chi connectivity index (χ3n) is 3.60. The smallest absolute Gasteiger partial charge is 0.0664 e. The van der Waals surface area contributed by atoms with Crippen LogP contribution in [0.5, 0.6) is 0 Å². The second-order valence-electron chi connectivity index (χ2n) is 5.79. The lowest BCUT2D eigenvalue weighted by atomic mass is 9.75. The molecular weight excluding hydrogens is 186 g/mol. The number of nitrogens with one attached hydrogen (secondary N) is 1. The van der Waals surface area contributed by atoms with Crippen LogP contribution in [0, 0.1) is 5.41 Å². The molecule has 0 radical (unpaired) electrons. The first-order valence-electron chi connectivity index (χ1n) is 6.45. The van der Waals surface area contributed by atoms with Crippen molar-refractivity contribution in [3.63, 3.8) is 0 Å². The van der Waals surface area contributed by atoms with E-state index in [9.17, 15) is 5.11 Å². The van der Waals surface area contributed by atoms with Crippen LogP contribution in [0.15, 0.2) is 0 Å². The van der Waals surface area contributed by atoms with Crippen LogP contribution in [-0.2, 0) is 0 Å². The fourth-order valence-electron chi connectivity index (χ4n) is 2.34. The van der Waals surface area contributed by atoms with Crippen molar-refractivity contribution in [3.05, 3.63) is 0 Å². The monoisotopic (exact) mass is 213 g/mol. The van der Waals surface area contributed by atoms with Gasteiger partial charge in [-0.25, -0.2) is 0 Å². The van der Waals surface area contributed by atoms with Crippen molar-refractivity contribution in [2.24, 2.45) is 5.41 Å². The molecule has 1 fully saturated rings. The highest BCUT2D eigenvalue weighted by Gasteiger charge is 2.26. The molecule has 0 bridgehead atoms. The molecule has 2 heteroatoms. The molecular formula is C13H27NO. The van der Waals surface area contributed by atoms with Gasteiger partial charge in [-0.3, -0.25) is 0 Å². The lowest BCUT2D eigenvalue weighted by molar-refractivity contribution is 0.142. The minimum Gasteiger partial charge on any atom is -0.392 e. The van der Waals surface area contributed by atoms with E-state index in [-0.39, 0.29) is 6.10 Å². The molecule has 2 N–H and O–H groups in total. The quantitative estimate of drug-likeness (QED) is 0.736. The van der Waals surface area contributed by atoms with Gasteiger partial charge < -0.3 is 10.4 Å². The Labute approximate surface area is 94.5 Å². The van der Waals surface area contributed by atoms with E-state index in [1.165, 1.54) is 25.7 Å². The molecule has 0 heterocycles. The molecule has 0 amide bonds. The third-order valence-corrected chi connectivity index (χ3v) is 3.60. The molecule has 1 rings (SSSR count). The second kappa shape index (κ2) is 5.86. The zero-order valence-electron chi connectivity index (χ0n) is 10.6. The molecule has 0 aromatic rings. The third kappa shape index (κ3) is 4.98. The molecule has 15 heavy (non-hydrogen) atoms. The van der Waals surface area contributed by atoms with Crippen molar-refractivity contribution in [2.75, 3.05) is 6.54 Å². The van der Waals surface area contributed by atoms with E-state index in [1.807, 2.05) is 0 Å². The average molecular weight is 213 g/mol. The summed E-state index contributed by atoms with van der Waals surface area (Å²) in [6.45, 7) is 7.61. The Morgan fingerprint density at radius 2 is 1.93 bits per heavy atom. The van der Waals surface area contributed by atoms with Crippen molar-refractivity contribution >= 4 is 0 Å². The van der Waals surface area contributed by atoms with Crippen LogP contribution in [0.3, 0.4) is 0 Å². The van der Waals surface area contributed by atoms with Crippen LogP contribution in [0.2, 0.25) is 0 Å². The maximum Gasteiger partial charge on any atom is 0.0664 e. The summed E-state index contributed by atoms with van der Waals surface area (Å²) in [7, 11) is 0. The molecule has 90 valence electrons. The molecule has 0 aromatic heterocycles. The molecule has 1 saturated carbocycles. The summed E-state index contributed by atoms with van der Waals surface area (Å²) in [6, 6.07) is 0.643. The van der Waals surface area contributed by atoms with Gasteiger partial charge in [0.15, 0.2) is 0 Å². The summed E-state index contributed by atoms with van der Waals surface area (Å²) in [4.78, 5) is 0. The standard InChI is InChI=1S/C13H27NO/c1-4-5-12(15)10-14-11-6-8-13(2,3)9-7-11/h11-12,14-15H,4-10H2,1-3H3. The Bertz CT molecular complexity index is 169. The van der Waals surface area contributed by atoms with Gasteiger partial charge in [0.05, 0.1) is 6.10 Å². The van der Waals surface area contributed by atoms with Gasteiger partial charge in [0.25, 0.3) is 0 Å². The maximum absolute atomic E-state index is 9.62. The predicted octanol–water partition coefficient (Wildman–Crippen LogP) is 2.71. The van der Waals surface area contributed by atoms with Gasteiger partial charge in [-0.1, -0.05) is 27.2 Å². The molecule has 1 aliphatic rings. The van der Waals surface area contributed by atoms with Gasteiger partial charge in [-0.2, -0.15) is 0 Å². The van der Waals surface area contributed by atoms with Crippen LogP contribution >= 0.6 is 0 Å². The summed E-state index contributed by atoms with van der Waals surface area (Å²) >= 11 is 0. The first-order chi connectivity index (χ1) is 7.03. The lowest BCUT2D eigenvalue weighted by Crippen LogP contribution is -2.39. The Kier molecular flexibility index (Phi) is 5.07. The SMILES string of the molecule is CCCC(O)CNC1CCC(C)(C)CC1. The van der Waals surface area contributed by atoms with Crippen molar-refractivity contribution in [2.45, 2.75) is 71.4 Å². The fourth-order valence-corrected chi connectivity index (χ4v) is 2.34. The van der Waals surface area contributed by atoms with Gasteiger partial charge in [0, 0.05) is 12.6 Å².